The Kier molecular flexibility index (Phi) is 6.48. The molecule has 0 fully saturated rings. The molecule has 0 atom stereocenters. The molecule has 0 aliphatic heterocycles. The van der Waals surface area contributed by atoms with Crippen molar-refractivity contribution < 1.29 is 35.9 Å². The molecule has 0 aliphatic carbocycles. The Hall–Kier alpha value is -0.648. The number of pyridine rings is 1. The van der Waals surface area contributed by atoms with Gasteiger partial charge in [0.05, 0.1) is 5.52 Å². The van der Waals surface area contributed by atoms with Crippen molar-refractivity contribution >= 4 is 17.7 Å². The number of benzene rings is 1. The van der Waals surface area contributed by atoms with Crippen LogP contribution in [-0.4, -0.2) is 11.8 Å². The first-order chi connectivity index (χ1) is 5.97. The molecule has 0 amide bonds. The summed E-state index contributed by atoms with van der Waals surface area (Å²) in [6.45, 7) is 3.25. The molecule has 0 saturated heterocycles. The summed E-state index contributed by atoms with van der Waals surface area (Å²) in [7, 11) is 0. The van der Waals surface area contributed by atoms with Crippen molar-refractivity contribution in [2.75, 3.05) is 0 Å². The smallest absolute Gasteiger partial charge is 0.0701 e. The van der Waals surface area contributed by atoms with E-state index in [2.05, 4.69) is 23.9 Å². The maximum absolute atomic E-state index is 7.75. The first kappa shape index (κ1) is 12.4. The third-order valence-electron chi connectivity index (χ3n) is 1.51. The molecule has 1 aromatic carbocycles. The van der Waals surface area contributed by atoms with Crippen molar-refractivity contribution in [2.45, 2.75) is 0 Å². The minimum absolute atomic E-state index is 0. The fourth-order valence-corrected chi connectivity index (χ4v) is 1.02. The minimum atomic E-state index is 0. The van der Waals surface area contributed by atoms with Gasteiger partial charge in [-0.15, -0.1) is 0 Å². The maximum atomic E-state index is 7.75. The SMILES string of the molecule is [CH-]=O.[U].c1ccc2ncccc2c1. The largest absolute Gasteiger partial charge is 0.545 e. The van der Waals surface area contributed by atoms with Crippen LogP contribution in [0.15, 0.2) is 42.6 Å². The molecule has 13 heavy (non-hydrogen) atoms. The van der Waals surface area contributed by atoms with E-state index in [0.717, 1.165) is 5.52 Å². The van der Waals surface area contributed by atoms with Gasteiger partial charge < -0.3 is 4.79 Å². The summed E-state index contributed by atoms with van der Waals surface area (Å²) < 4.78 is 0. The molecule has 64 valence electrons. The Morgan fingerprint density at radius 3 is 2.31 bits per heavy atom. The molecular weight excluding hydrogens is 388 g/mol. The normalized spacial score (nSPS) is 8.00. The van der Waals surface area contributed by atoms with Crippen LogP contribution >= 0.6 is 0 Å². The average molecular weight is 396 g/mol. The van der Waals surface area contributed by atoms with Gasteiger partial charge in [0, 0.05) is 42.7 Å². The molecule has 1 aromatic heterocycles. The molecule has 3 heteroatoms. The number of para-hydroxylation sites is 1. The van der Waals surface area contributed by atoms with Crippen LogP contribution in [-0.2, 0) is 4.79 Å². The van der Waals surface area contributed by atoms with Gasteiger partial charge in [-0.3, -0.25) is 11.8 Å². The summed E-state index contributed by atoms with van der Waals surface area (Å²) in [6.07, 6.45) is 1.81. The molecule has 0 N–H and O–H groups in total. The van der Waals surface area contributed by atoms with Crippen LogP contribution in [0, 0.1) is 31.1 Å². The Balaban J connectivity index is 0.000000451. The van der Waals surface area contributed by atoms with E-state index in [1.807, 2.05) is 30.5 Å². The van der Waals surface area contributed by atoms with Gasteiger partial charge >= 0.3 is 0 Å². The average Bonchev–Trinajstić information content (AvgIpc) is 2.21. The van der Waals surface area contributed by atoms with Crippen LogP contribution in [0.25, 0.3) is 10.9 Å². The molecular formula is C10H8NOU-. The Bertz CT molecular complexity index is 299. The molecule has 2 nitrogen and oxygen atoms in total. The number of hydrogen-bond acceptors (Lipinski definition) is 2. The third-order valence-corrected chi connectivity index (χ3v) is 1.51. The van der Waals surface area contributed by atoms with E-state index in [4.69, 9.17) is 4.79 Å². The van der Waals surface area contributed by atoms with Crippen LogP contribution in [0.3, 0.4) is 0 Å². The van der Waals surface area contributed by atoms with Crippen molar-refractivity contribution in [3.63, 3.8) is 0 Å². The second-order valence-corrected chi connectivity index (χ2v) is 2.20. The molecule has 0 radical (unpaired) electrons. The van der Waals surface area contributed by atoms with Gasteiger partial charge in [-0.2, -0.15) is 0 Å². The number of hydrogen-bond donors (Lipinski definition) is 0. The molecule has 0 aliphatic rings. The van der Waals surface area contributed by atoms with Gasteiger partial charge in [0.1, 0.15) is 0 Å². The predicted octanol–water partition coefficient (Wildman–Crippen LogP) is 1.96. The van der Waals surface area contributed by atoms with Crippen LogP contribution in [0.5, 0.6) is 0 Å². The zero-order valence-electron chi connectivity index (χ0n) is 6.97. The van der Waals surface area contributed by atoms with Crippen LogP contribution in [0.4, 0.5) is 0 Å². The van der Waals surface area contributed by atoms with Gasteiger partial charge in [-0.1, -0.05) is 24.3 Å². The fraction of sp³-hybridized carbons (Fsp3) is 0. The van der Waals surface area contributed by atoms with Crippen molar-refractivity contribution in [1.29, 1.82) is 0 Å². The van der Waals surface area contributed by atoms with Gasteiger partial charge in [-0.05, 0) is 12.1 Å². The summed E-state index contributed by atoms with van der Waals surface area (Å²) in [6, 6.07) is 12.1. The Labute approximate surface area is 101 Å². The zero-order valence-corrected chi connectivity index (χ0v) is 11.1. The number of nitrogens with zero attached hydrogens (tertiary/aromatic N) is 1. The molecule has 0 spiro atoms. The Morgan fingerprint density at radius 2 is 1.62 bits per heavy atom. The topological polar surface area (TPSA) is 30.0 Å². The molecule has 0 bridgehead atoms. The first-order valence-electron chi connectivity index (χ1n) is 3.50. The van der Waals surface area contributed by atoms with Crippen LogP contribution < -0.4 is 0 Å². The maximum Gasteiger partial charge on any atom is 0.0701 e. The second-order valence-electron chi connectivity index (χ2n) is 2.20. The summed E-state index contributed by atoms with van der Waals surface area (Å²) in [5.74, 6) is 0. The number of fused-ring (bicyclic) bond motifs is 1. The fourth-order valence-electron chi connectivity index (χ4n) is 1.02. The van der Waals surface area contributed by atoms with Gasteiger partial charge in [0.15, 0.2) is 0 Å². The molecule has 2 aromatic rings. The third kappa shape index (κ3) is 3.30. The van der Waals surface area contributed by atoms with E-state index in [9.17, 15) is 0 Å². The van der Waals surface area contributed by atoms with Crippen molar-refractivity contribution in [3.05, 3.63) is 42.6 Å². The number of aromatic nitrogens is 1. The number of rotatable bonds is 0. The Morgan fingerprint density at radius 1 is 1.00 bits per heavy atom. The first-order valence-corrected chi connectivity index (χ1v) is 3.50. The summed E-state index contributed by atoms with van der Waals surface area (Å²) in [4.78, 5) is 11.9. The van der Waals surface area contributed by atoms with E-state index < -0.39 is 0 Å². The summed E-state index contributed by atoms with van der Waals surface area (Å²) >= 11 is 0. The van der Waals surface area contributed by atoms with Crippen LogP contribution in [0.1, 0.15) is 0 Å². The van der Waals surface area contributed by atoms with E-state index >= 15 is 0 Å². The zero-order chi connectivity index (χ0) is 8.81. The van der Waals surface area contributed by atoms with Crippen LogP contribution in [0.2, 0.25) is 0 Å². The number of carbonyl (C=O) groups excluding carboxylic acids is 1. The van der Waals surface area contributed by atoms with Crippen molar-refractivity contribution in [1.82, 2.24) is 4.98 Å². The second kappa shape index (κ2) is 6.82. The van der Waals surface area contributed by atoms with E-state index in [-0.39, 0.29) is 31.1 Å². The molecule has 0 saturated carbocycles. The van der Waals surface area contributed by atoms with E-state index in [0.29, 0.717) is 0 Å². The molecule has 1 heterocycles. The molecule has 2 rings (SSSR count). The van der Waals surface area contributed by atoms with Gasteiger partial charge in [0.25, 0.3) is 0 Å². The molecule has 0 unspecified atom stereocenters. The van der Waals surface area contributed by atoms with Gasteiger partial charge in [0.2, 0.25) is 0 Å². The monoisotopic (exact) mass is 396 g/mol. The van der Waals surface area contributed by atoms with Crippen molar-refractivity contribution in [2.24, 2.45) is 0 Å². The van der Waals surface area contributed by atoms with Crippen molar-refractivity contribution in [3.8, 4) is 0 Å². The summed E-state index contributed by atoms with van der Waals surface area (Å²) in [5, 5.41) is 1.20. The quantitative estimate of drug-likeness (QED) is 0.504. The standard InChI is InChI=1S/C9H7N.CHO.U/c1-2-6-9-8(4-1)5-3-7-10-9;1-2;/h1-7H;1H;/q;-1;. The van der Waals surface area contributed by atoms with Gasteiger partial charge in [-0.25, -0.2) is 0 Å². The van der Waals surface area contributed by atoms with E-state index in [1.165, 1.54) is 5.39 Å². The predicted molar refractivity (Wildman–Crippen MR) is 48.5 cm³/mol. The van der Waals surface area contributed by atoms with E-state index in [1.54, 1.807) is 0 Å². The summed E-state index contributed by atoms with van der Waals surface area (Å²) in [5.41, 5.74) is 1.06. The minimum Gasteiger partial charge on any atom is -0.545 e.